The van der Waals surface area contributed by atoms with Gasteiger partial charge in [0.15, 0.2) is 9.84 Å². The van der Waals surface area contributed by atoms with E-state index in [1.807, 2.05) is 36.5 Å². The Labute approximate surface area is 136 Å². The molecule has 1 saturated heterocycles. The summed E-state index contributed by atoms with van der Waals surface area (Å²) in [5.41, 5.74) is 2.05. The van der Waals surface area contributed by atoms with Gasteiger partial charge in [0.1, 0.15) is 0 Å². The van der Waals surface area contributed by atoms with Crippen molar-refractivity contribution in [1.29, 1.82) is 0 Å². The quantitative estimate of drug-likeness (QED) is 0.847. The first-order valence-corrected chi connectivity index (χ1v) is 9.54. The lowest BCUT2D eigenvalue weighted by Gasteiger charge is -2.27. The van der Waals surface area contributed by atoms with Crippen LogP contribution < -0.4 is 0 Å². The molecular formula is C16H21N3O3S. The van der Waals surface area contributed by atoms with Crippen molar-refractivity contribution in [3.05, 3.63) is 48.3 Å². The highest BCUT2D eigenvalue weighted by molar-refractivity contribution is 7.91. The average molecular weight is 335 g/mol. The van der Waals surface area contributed by atoms with Crippen LogP contribution in [0.5, 0.6) is 0 Å². The monoisotopic (exact) mass is 335 g/mol. The van der Waals surface area contributed by atoms with Crippen molar-refractivity contribution < 1.29 is 13.5 Å². The van der Waals surface area contributed by atoms with Crippen LogP contribution in [0.4, 0.5) is 0 Å². The van der Waals surface area contributed by atoms with E-state index in [0.29, 0.717) is 19.5 Å². The van der Waals surface area contributed by atoms with Crippen molar-refractivity contribution in [2.24, 2.45) is 0 Å². The van der Waals surface area contributed by atoms with E-state index in [0.717, 1.165) is 11.3 Å². The molecule has 0 spiro atoms. The van der Waals surface area contributed by atoms with Gasteiger partial charge in [0.2, 0.25) is 0 Å². The summed E-state index contributed by atoms with van der Waals surface area (Å²) in [6, 6.07) is 9.86. The molecule has 3 rings (SSSR count). The van der Waals surface area contributed by atoms with E-state index < -0.39 is 9.84 Å². The Morgan fingerprint density at radius 2 is 2.22 bits per heavy atom. The van der Waals surface area contributed by atoms with E-state index >= 15 is 0 Å². The van der Waals surface area contributed by atoms with Crippen LogP contribution in [0.15, 0.2) is 42.7 Å². The highest BCUT2D eigenvalue weighted by atomic mass is 32.2. The van der Waals surface area contributed by atoms with E-state index in [1.165, 1.54) is 0 Å². The topological polar surface area (TPSA) is 75.4 Å². The van der Waals surface area contributed by atoms with Crippen LogP contribution in [0.3, 0.4) is 0 Å². The third-order valence-electron chi connectivity index (χ3n) is 4.18. The standard InChI is InChI=1S/C16H21N3O3S/c20-9-8-18(16-5-10-23(21,22)13-16)12-14-3-1-4-15(11-14)19-7-2-6-17-19/h1-4,6-7,11,16,20H,5,8-10,12-13H2. The molecule has 2 heterocycles. The van der Waals surface area contributed by atoms with E-state index in [4.69, 9.17) is 0 Å². The fourth-order valence-corrected chi connectivity index (χ4v) is 4.80. The summed E-state index contributed by atoms with van der Waals surface area (Å²) in [4.78, 5) is 2.06. The van der Waals surface area contributed by atoms with E-state index in [1.54, 1.807) is 10.9 Å². The Morgan fingerprint density at radius 1 is 1.35 bits per heavy atom. The number of sulfone groups is 1. The zero-order valence-corrected chi connectivity index (χ0v) is 13.7. The number of rotatable bonds is 6. The maximum atomic E-state index is 11.7. The van der Waals surface area contributed by atoms with Crippen LogP contribution in [0, 0.1) is 0 Å². The van der Waals surface area contributed by atoms with Crippen LogP contribution in [0.2, 0.25) is 0 Å². The summed E-state index contributed by atoms with van der Waals surface area (Å²) in [6.07, 6.45) is 4.25. The first-order chi connectivity index (χ1) is 11.1. The van der Waals surface area contributed by atoms with Crippen molar-refractivity contribution in [1.82, 2.24) is 14.7 Å². The summed E-state index contributed by atoms with van der Waals surface area (Å²) >= 11 is 0. The molecule has 1 aromatic carbocycles. The van der Waals surface area contributed by atoms with Gasteiger partial charge in [-0.25, -0.2) is 13.1 Å². The molecule has 1 N–H and O–H groups in total. The number of hydrogen-bond donors (Lipinski definition) is 1. The lowest BCUT2D eigenvalue weighted by Crippen LogP contribution is -2.37. The van der Waals surface area contributed by atoms with Crippen molar-refractivity contribution in [2.75, 3.05) is 24.7 Å². The van der Waals surface area contributed by atoms with Gasteiger partial charge in [-0.3, -0.25) is 4.90 Å². The zero-order chi connectivity index (χ0) is 16.3. The summed E-state index contributed by atoms with van der Waals surface area (Å²) in [5.74, 6) is 0.429. The van der Waals surface area contributed by atoms with E-state index in [9.17, 15) is 13.5 Å². The fraction of sp³-hybridized carbons (Fsp3) is 0.438. The minimum atomic E-state index is -2.93. The molecule has 1 aromatic heterocycles. The second-order valence-electron chi connectivity index (χ2n) is 5.87. The van der Waals surface area contributed by atoms with Gasteiger partial charge in [-0.1, -0.05) is 12.1 Å². The number of aliphatic hydroxyl groups is 1. The smallest absolute Gasteiger partial charge is 0.151 e. The molecule has 2 aromatic rings. The molecule has 0 radical (unpaired) electrons. The summed E-state index contributed by atoms with van der Waals surface area (Å²) in [5, 5.41) is 13.5. The van der Waals surface area contributed by atoms with Gasteiger partial charge >= 0.3 is 0 Å². The Kier molecular flexibility index (Phi) is 4.79. The summed E-state index contributed by atoms with van der Waals surface area (Å²) in [7, 11) is -2.93. The predicted octanol–water partition coefficient (Wildman–Crippen LogP) is 0.854. The molecule has 1 aliphatic heterocycles. The molecule has 6 nitrogen and oxygen atoms in total. The predicted molar refractivity (Wildman–Crippen MR) is 88.1 cm³/mol. The number of aliphatic hydroxyl groups excluding tert-OH is 1. The SMILES string of the molecule is O=S1(=O)CCC(N(CCO)Cc2cccc(-n3cccn3)c2)C1. The van der Waals surface area contributed by atoms with Crippen molar-refractivity contribution in [3.63, 3.8) is 0 Å². The molecular weight excluding hydrogens is 314 g/mol. The summed E-state index contributed by atoms with van der Waals surface area (Å²) in [6.45, 7) is 1.12. The van der Waals surface area contributed by atoms with E-state index in [2.05, 4.69) is 10.00 Å². The van der Waals surface area contributed by atoms with Crippen LogP contribution in [-0.2, 0) is 16.4 Å². The largest absolute Gasteiger partial charge is 0.395 e. The first-order valence-electron chi connectivity index (χ1n) is 7.72. The van der Waals surface area contributed by atoms with Gasteiger partial charge in [-0.05, 0) is 30.2 Å². The minimum absolute atomic E-state index is 0.0134. The van der Waals surface area contributed by atoms with Gasteiger partial charge in [-0.15, -0.1) is 0 Å². The molecule has 1 aliphatic rings. The fourth-order valence-electron chi connectivity index (χ4n) is 3.04. The normalized spacial score (nSPS) is 20.2. The highest BCUT2D eigenvalue weighted by Gasteiger charge is 2.31. The third kappa shape index (κ3) is 3.99. The molecule has 124 valence electrons. The Balaban J connectivity index is 1.77. The molecule has 1 atom stereocenters. The molecule has 0 amide bonds. The number of aromatic nitrogens is 2. The molecule has 23 heavy (non-hydrogen) atoms. The number of hydrogen-bond acceptors (Lipinski definition) is 5. The lowest BCUT2D eigenvalue weighted by atomic mass is 10.1. The van der Waals surface area contributed by atoms with Gasteiger partial charge in [0.05, 0.1) is 23.8 Å². The van der Waals surface area contributed by atoms with Crippen LogP contribution >= 0.6 is 0 Å². The average Bonchev–Trinajstić information content (AvgIpc) is 3.16. The zero-order valence-electron chi connectivity index (χ0n) is 12.9. The van der Waals surface area contributed by atoms with Crippen molar-refractivity contribution >= 4 is 9.84 Å². The molecule has 1 fully saturated rings. The molecule has 1 unspecified atom stereocenters. The minimum Gasteiger partial charge on any atom is -0.395 e. The Hall–Kier alpha value is -1.70. The molecule has 0 aliphatic carbocycles. The van der Waals surface area contributed by atoms with E-state index in [-0.39, 0.29) is 24.2 Å². The lowest BCUT2D eigenvalue weighted by molar-refractivity contribution is 0.153. The Morgan fingerprint density at radius 3 is 2.87 bits per heavy atom. The van der Waals surface area contributed by atoms with Crippen molar-refractivity contribution in [2.45, 2.75) is 19.0 Å². The van der Waals surface area contributed by atoms with Gasteiger partial charge in [-0.2, -0.15) is 5.10 Å². The molecule has 0 bridgehead atoms. The van der Waals surface area contributed by atoms with Gasteiger partial charge < -0.3 is 5.11 Å². The molecule has 0 saturated carbocycles. The number of benzene rings is 1. The van der Waals surface area contributed by atoms with Crippen LogP contribution in [-0.4, -0.2) is 58.9 Å². The Bertz CT molecular complexity index is 744. The maximum absolute atomic E-state index is 11.7. The molecule has 7 heteroatoms. The first kappa shape index (κ1) is 16.2. The van der Waals surface area contributed by atoms with Crippen molar-refractivity contribution in [3.8, 4) is 5.69 Å². The second-order valence-corrected chi connectivity index (χ2v) is 8.10. The summed E-state index contributed by atoms with van der Waals surface area (Å²) < 4.78 is 25.2. The highest BCUT2D eigenvalue weighted by Crippen LogP contribution is 2.20. The van der Waals surface area contributed by atoms with Crippen LogP contribution in [0.25, 0.3) is 5.69 Å². The maximum Gasteiger partial charge on any atom is 0.151 e. The second kappa shape index (κ2) is 6.82. The van der Waals surface area contributed by atoms with Gasteiger partial charge in [0, 0.05) is 31.5 Å². The third-order valence-corrected chi connectivity index (χ3v) is 5.93. The van der Waals surface area contributed by atoms with Crippen LogP contribution in [0.1, 0.15) is 12.0 Å². The number of nitrogens with zero attached hydrogens (tertiary/aromatic N) is 3. The van der Waals surface area contributed by atoms with Gasteiger partial charge in [0.25, 0.3) is 0 Å².